The highest BCUT2D eigenvalue weighted by atomic mass is 32.1. The number of hydrogen-bond acceptors (Lipinski definition) is 5. The molecule has 1 aromatic rings. The van der Waals surface area contributed by atoms with Crippen LogP contribution in [0.4, 0.5) is 0 Å². The number of hydrogen-bond donors (Lipinski definition) is 2. The molecule has 1 saturated heterocycles. The molecule has 14 heavy (non-hydrogen) atoms. The number of carbonyl (C=O) groups is 1. The third-order valence-corrected chi connectivity index (χ3v) is 2.98. The van der Waals surface area contributed by atoms with Crippen LogP contribution in [-0.2, 0) is 4.79 Å². The van der Waals surface area contributed by atoms with Crippen molar-refractivity contribution in [3.8, 4) is 0 Å². The molecule has 0 radical (unpaired) electrons. The molecule has 0 aromatic carbocycles. The lowest BCUT2D eigenvalue weighted by atomic mass is 10.1. The van der Waals surface area contributed by atoms with Crippen LogP contribution in [0.5, 0.6) is 0 Å². The minimum absolute atomic E-state index is 0.0436. The molecule has 0 spiro atoms. The van der Waals surface area contributed by atoms with Crippen LogP contribution in [0.1, 0.15) is 24.4 Å². The number of amides is 1. The smallest absolute Gasteiger partial charge is 0.236 e. The van der Waals surface area contributed by atoms with Crippen LogP contribution in [0.3, 0.4) is 0 Å². The first-order valence-corrected chi connectivity index (χ1v) is 5.24. The van der Waals surface area contributed by atoms with E-state index < -0.39 is 0 Å². The monoisotopic (exact) mass is 212 g/mol. The molecule has 2 rings (SSSR count). The van der Waals surface area contributed by atoms with Crippen LogP contribution in [0.25, 0.3) is 0 Å². The molecule has 2 N–H and O–H groups in total. The summed E-state index contributed by atoms with van der Waals surface area (Å²) in [4.78, 5) is 11.2. The molecule has 1 aliphatic heterocycles. The second kappa shape index (κ2) is 3.62. The zero-order valence-corrected chi connectivity index (χ0v) is 8.89. The van der Waals surface area contributed by atoms with Gasteiger partial charge in [-0.2, -0.15) is 8.75 Å². The Morgan fingerprint density at radius 3 is 2.86 bits per heavy atom. The summed E-state index contributed by atoms with van der Waals surface area (Å²) < 4.78 is 8.33. The fraction of sp³-hybridized carbons (Fsp3) is 0.625. The van der Waals surface area contributed by atoms with Crippen LogP contribution < -0.4 is 10.6 Å². The Hall–Kier alpha value is -1.01. The SMILES string of the molecule is Cc1nsnc1C1CNC(=O)C(C)N1. The van der Waals surface area contributed by atoms with Crippen molar-refractivity contribution in [1.29, 1.82) is 0 Å². The van der Waals surface area contributed by atoms with Crippen molar-refractivity contribution in [3.05, 3.63) is 11.4 Å². The van der Waals surface area contributed by atoms with Crippen molar-refractivity contribution in [2.24, 2.45) is 0 Å². The number of nitrogens with one attached hydrogen (secondary N) is 2. The highest BCUT2D eigenvalue weighted by Crippen LogP contribution is 2.17. The van der Waals surface area contributed by atoms with Gasteiger partial charge in [-0.3, -0.25) is 10.1 Å². The number of nitrogens with zero attached hydrogens (tertiary/aromatic N) is 2. The number of piperazine rings is 1. The third kappa shape index (κ3) is 1.62. The minimum Gasteiger partial charge on any atom is -0.353 e. The first-order valence-electron chi connectivity index (χ1n) is 4.51. The normalized spacial score (nSPS) is 27.4. The van der Waals surface area contributed by atoms with E-state index in [1.54, 1.807) is 0 Å². The fourth-order valence-electron chi connectivity index (χ4n) is 1.52. The van der Waals surface area contributed by atoms with Crippen LogP contribution in [0, 0.1) is 6.92 Å². The van der Waals surface area contributed by atoms with E-state index in [0.29, 0.717) is 6.54 Å². The molecule has 1 fully saturated rings. The molecular formula is C8H12N4OS. The van der Waals surface area contributed by atoms with Crippen molar-refractivity contribution in [3.63, 3.8) is 0 Å². The lowest BCUT2D eigenvalue weighted by Gasteiger charge is -2.27. The van der Waals surface area contributed by atoms with Crippen molar-refractivity contribution >= 4 is 17.6 Å². The van der Waals surface area contributed by atoms with Gasteiger partial charge in [0.15, 0.2) is 0 Å². The largest absolute Gasteiger partial charge is 0.353 e. The Labute approximate surface area is 86.2 Å². The van der Waals surface area contributed by atoms with Gasteiger partial charge in [0.05, 0.1) is 35.2 Å². The maximum atomic E-state index is 11.2. The average molecular weight is 212 g/mol. The minimum atomic E-state index is -0.158. The molecule has 1 aliphatic rings. The second-order valence-electron chi connectivity index (χ2n) is 3.42. The van der Waals surface area contributed by atoms with Gasteiger partial charge in [-0.15, -0.1) is 0 Å². The van der Waals surface area contributed by atoms with Gasteiger partial charge in [-0.1, -0.05) is 0 Å². The predicted octanol–water partition coefficient (Wildman–Crippen LogP) is -0.00448. The van der Waals surface area contributed by atoms with Crippen molar-refractivity contribution < 1.29 is 4.79 Å². The number of aromatic nitrogens is 2. The van der Waals surface area contributed by atoms with Gasteiger partial charge in [-0.05, 0) is 13.8 Å². The van der Waals surface area contributed by atoms with E-state index in [0.717, 1.165) is 11.4 Å². The highest BCUT2D eigenvalue weighted by molar-refractivity contribution is 6.99. The topological polar surface area (TPSA) is 66.9 Å². The van der Waals surface area contributed by atoms with Crippen LogP contribution in [0.15, 0.2) is 0 Å². The van der Waals surface area contributed by atoms with Crippen molar-refractivity contribution in [1.82, 2.24) is 19.4 Å². The molecule has 0 bridgehead atoms. The third-order valence-electron chi connectivity index (χ3n) is 2.34. The van der Waals surface area contributed by atoms with E-state index in [9.17, 15) is 4.79 Å². The standard InChI is InChI=1S/C8H12N4OS/c1-4-7(12-14-11-4)6-3-9-8(13)5(2)10-6/h5-6,10H,3H2,1-2H3,(H,9,13). The van der Waals surface area contributed by atoms with Gasteiger partial charge < -0.3 is 5.32 Å². The van der Waals surface area contributed by atoms with E-state index >= 15 is 0 Å². The average Bonchev–Trinajstić information content (AvgIpc) is 2.57. The zero-order chi connectivity index (χ0) is 10.1. The molecular weight excluding hydrogens is 200 g/mol. The van der Waals surface area contributed by atoms with Gasteiger partial charge in [0, 0.05) is 6.54 Å². The summed E-state index contributed by atoms with van der Waals surface area (Å²) in [7, 11) is 0. The van der Waals surface area contributed by atoms with Gasteiger partial charge in [-0.25, -0.2) is 0 Å². The van der Waals surface area contributed by atoms with Gasteiger partial charge in [0.25, 0.3) is 0 Å². The molecule has 1 amide bonds. The molecule has 1 aromatic heterocycles. The molecule has 6 heteroatoms. The number of carbonyl (C=O) groups excluding carboxylic acids is 1. The number of rotatable bonds is 1. The second-order valence-corrected chi connectivity index (χ2v) is 3.95. The summed E-state index contributed by atoms with van der Waals surface area (Å²) in [6.45, 7) is 4.37. The lowest BCUT2D eigenvalue weighted by molar-refractivity contribution is -0.124. The summed E-state index contributed by atoms with van der Waals surface area (Å²) in [6, 6.07) is -0.0590. The lowest BCUT2D eigenvalue weighted by Crippen LogP contribution is -2.53. The summed E-state index contributed by atoms with van der Waals surface area (Å²) in [5.74, 6) is 0.0436. The first kappa shape index (κ1) is 9.54. The molecule has 0 saturated carbocycles. The van der Waals surface area contributed by atoms with E-state index in [-0.39, 0.29) is 18.0 Å². The van der Waals surface area contributed by atoms with E-state index in [2.05, 4.69) is 19.4 Å². The van der Waals surface area contributed by atoms with Crippen molar-refractivity contribution in [2.75, 3.05) is 6.54 Å². The van der Waals surface area contributed by atoms with Gasteiger partial charge in [0.2, 0.25) is 5.91 Å². The molecule has 76 valence electrons. The predicted molar refractivity (Wildman–Crippen MR) is 53.0 cm³/mol. The van der Waals surface area contributed by atoms with Crippen LogP contribution >= 0.6 is 11.7 Å². The quantitative estimate of drug-likeness (QED) is 0.687. The van der Waals surface area contributed by atoms with E-state index in [1.807, 2.05) is 13.8 Å². The van der Waals surface area contributed by atoms with Crippen LogP contribution in [0.2, 0.25) is 0 Å². The summed E-state index contributed by atoms with van der Waals surface area (Å²) in [5, 5.41) is 6.03. The Morgan fingerprint density at radius 1 is 1.50 bits per heavy atom. The molecule has 2 atom stereocenters. The Balaban J connectivity index is 2.14. The van der Waals surface area contributed by atoms with E-state index in [4.69, 9.17) is 0 Å². The zero-order valence-electron chi connectivity index (χ0n) is 8.07. The Kier molecular flexibility index (Phi) is 2.47. The molecule has 0 aliphatic carbocycles. The summed E-state index contributed by atoms with van der Waals surface area (Å²) in [5.41, 5.74) is 1.89. The molecule has 5 nitrogen and oxygen atoms in total. The number of aryl methyl sites for hydroxylation is 1. The highest BCUT2D eigenvalue weighted by Gasteiger charge is 2.27. The fourth-order valence-corrected chi connectivity index (χ4v) is 2.13. The van der Waals surface area contributed by atoms with Crippen LogP contribution in [-0.4, -0.2) is 27.2 Å². The van der Waals surface area contributed by atoms with Gasteiger partial charge in [0.1, 0.15) is 0 Å². The molecule has 2 heterocycles. The Bertz CT molecular complexity index is 351. The van der Waals surface area contributed by atoms with E-state index in [1.165, 1.54) is 11.7 Å². The summed E-state index contributed by atoms with van der Waals surface area (Å²) in [6.07, 6.45) is 0. The maximum Gasteiger partial charge on any atom is 0.236 e. The van der Waals surface area contributed by atoms with Gasteiger partial charge >= 0.3 is 0 Å². The first-order chi connectivity index (χ1) is 6.68. The molecule has 2 unspecified atom stereocenters. The Morgan fingerprint density at radius 2 is 2.29 bits per heavy atom. The maximum absolute atomic E-state index is 11.2. The summed E-state index contributed by atoms with van der Waals surface area (Å²) >= 11 is 1.21. The van der Waals surface area contributed by atoms with Crippen molar-refractivity contribution in [2.45, 2.75) is 25.9 Å².